The molecule has 0 heterocycles. The Hall–Kier alpha value is -1.01. The first-order valence-electron chi connectivity index (χ1n) is 5.13. The number of esters is 1. The van der Waals surface area contributed by atoms with E-state index in [0.29, 0.717) is 5.56 Å². The third-order valence-corrected chi connectivity index (χ3v) is 2.59. The van der Waals surface area contributed by atoms with Crippen molar-refractivity contribution in [2.24, 2.45) is 0 Å². The van der Waals surface area contributed by atoms with Crippen molar-refractivity contribution in [1.82, 2.24) is 0 Å². The van der Waals surface area contributed by atoms with Crippen LogP contribution in [0, 0.1) is 0 Å². The molecule has 0 spiro atoms. The maximum absolute atomic E-state index is 11.4. The van der Waals surface area contributed by atoms with E-state index in [4.69, 9.17) is 16.3 Å². The van der Waals surface area contributed by atoms with Gasteiger partial charge in [-0.1, -0.05) is 17.7 Å². The van der Waals surface area contributed by atoms with Crippen LogP contribution in [-0.4, -0.2) is 28.8 Å². The number of carbonyl (C=O) groups excluding carboxylic acids is 1. The van der Waals surface area contributed by atoms with E-state index in [9.17, 15) is 15.0 Å². The molecule has 1 aromatic carbocycles. The van der Waals surface area contributed by atoms with Crippen molar-refractivity contribution in [2.45, 2.75) is 19.1 Å². The minimum Gasteiger partial charge on any atom is -1.00 e. The molecular weight excluding hydrogens is 281 g/mol. The SMILES string of the molecule is CCOC(=O)[C@H]([NH3+])[C@H](O)c1ccc(O)c(Cl)c1.[Cl-]. The number of benzene rings is 1. The molecule has 0 unspecified atom stereocenters. The Morgan fingerprint density at radius 2 is 2.17 bits per heavy atom. The van der Waals surface area contributed by atoms with E-state index in [1.807, 2.05) is 0 Å². The van der Waals surface area contributed by atoms with Crippen LogP contribution in [0.25, 0.3) is 0 Å². The number of phenols is 1. The van der Waals surface area contributed by atoms with E-state index in [1.54, 1.807) is 6.92 Å². The molecule has 0 saturated heterocycles. The number of aromatic hydroxyl groups is 1. The van der Waals surface area contributed by atoms with Crippen LogP contribution in [0.4, 0.5) is 0 Å². The van der Waals surface area contributed by atoms with Crippen molar-refractivity contribution in [2.75, 3.05) is 6.61 Å². The first-order valence-corrected chi connectivity index (χ1v) is 5.51. The van der Waals surface area contributed by atoms with E-state index in [2.05, 4.69) is 5.73 Å². The van der Waals surface area contributed by atoms with Gasteiger partial charge in [0.2, 0.25) is 6.04 Å². The molecule has 0 aliphatic rings. The monoisotopic (exact) mass is 295 g/mol. The molecule has 0 amide bonds. The van der Waals surface area contributed by atoms with Crippen molar-refractivity contribution >= 4 is 17.6 Å². The van der Waals surface area contributed by atoms with E-state index < -0.39 is 18.1 Å². The summed E-state index contributed by atoms with van der Waals surface area (Å²) in [5.74, 6) is -0.663. The molecule has 0 saturated carbocycles. The number of ether oxygens (including phenoxy) is 1. The Morgan fingerprint density at radius 1 is 1.56 bits per heavy atom. The maximum atomic E-state index is 11.4. The minimum atomic E-state index is -1.12. The lowest BCUT2D eigenvalue weighted by molar-refractivity contribution is -0.426. The van der Waals surface area contributed by atoms with Gasteiger partial charge in [0, 0.05) is 0 Å². The first kappa shape index (κ1) is 17.0. The second kappa shape index (κ2) is 7.43. The van der Waals surface area contributed by atoms with Gasteiger partial charge in [-0.2, -0.15) is 0 Å². The number of hydrogen-bond acceptors (Lipinski definition) is 4. The van der Waals surface area contributed by atoms with Gasteiger partial charge in [0.25, 0.3) is 0 Å². The average molecular weight is 296 g/mol. The van der Waals surface area contributed by atoms with Crippen molar-refractivity contribution in [1.29, 1.82) is 0 Å². The summed E-state index contributed by atoms with van der Waals surface area (Å²) in [6, 6.07) is 3.27. The van der Waals surface area contributed by atoms with Crippen molar-refractivity contribution in [3.05, 3.63) is 28.8 Å². The zero-order chi connectivity index (χ0) is 13.0. The lowest BCUT2D eigenvalue weighted by atomic mass is 10.0. The fourth-order valence-electron chi connectivity index (χ4n) is 1.32. The fourth-order valence-corrected chi connectivity index (χ4v) is 1.51. The molecule has 0 aliphatic heterocycles. The van der Waals surface area contributed by atoms with Gasteiger partial charge < -0.3 is 33.1 Å². The van der Waals surface area contributed by atoms with Gasteiger partial charge in [0.05, 0.1) is 11.6 Å². The molecule has 0 radical (unpaired) electrons. The van der Waals surface area contributed by atoms with E-state index in [1.165, 1.54) is 18.2 Å². The minimum absolute atomic E-state index is 0. The first-order chi connectivity index (χ1) is 7.97. The van der Waals surface area contributed by atoms with E-state index >= 15 is 0 Å². The highest BCUT2D eigenvalue weighted by Crippen LogP contribution is 2.27. The van der Waals surface area contributed by atoms with E-state index in [0.717, 1.165) is 0 Å². The summed E-state index contributed by atoms with van der Waals surface area (Å²) in [6.07, 6.45) is -1.12. The molecule has 18 heavy (non-hydrogen) atoms. The third kappa shape index (κ3) is 4.03. The summed E-state index contributed by atoms with van der Waals surface area (Å²) < 4.78 is 4.76. The van der Waals surface area contributed by atoms with Gasteiger partial charge >= 0.3 is 5.97 Å². The molecule has 7 heteroatoms. The normalized spacial score (nSPS) is 13.3. The lowest BCUT2D eigenvalue weighted by Gasteiger charge is -2.15. The predicted molar refractivity (Wildman–Crippen MR) is 61.4 cm³/mol. The van der Waals surface area contributed by atoms with Crippen molar-refractivity contribution in [3.63, 3.8) is 0 Å². The number of quaternary nitrogens is 1. The van der Waals surface area contributed by atoms with Gasteiger partial charge in [-0.3, -0.25) is 0 Å². The quantitative estimate of drug-likeness (QED) is 0.525. The summed E-state index contributed by atoms with van der Waals surface area (Å²) in [5.41, 5.74) is 3.96. The van der Waals surface area contributed by atoms with Crippen LogP contribution in [-0.2, 0) is 9.53 Å². The largest absolute Gasteiger partial charge is 1.00 e. The number of hydrogen-bond donors (Lipinski definition) is 3. The standard InChI is InChI=1S/C11H14ClNO4.ClH/c1-2-17-11(16)9(13)10(15)6-3-4-8(14)7(12)5-6;/h3-5,9-10,14-15H,2,13H2,1H3;1H/t9-,10-;/m1./s1. The Bertz CT molecular complexity index is 414. The number of phenolic OH excluding ortho intramolecular Hbond substituents is 1. The molecule has 0 aromatic heterocycles. The van der Waals surface area contributed by atoms with Crippen LogP contribution in [0.3, 0.4) is 0 Å². The predicted octanol–water partition coefficient (Wildman–Crippen LogP) is -2.74. The van der Waals surface area contributed by atoms with Gasteiger partial charge in [-0.25, -0.2) is 4.79 Å². The van der Waals surface area contributed by atoms with Crippen molar-refractivity contribution in [3.8, 4) is 5.75 Å². The molecule has 102 valence electrons. The molecule has 1 rings (SSSR count). The Morgan fingerprint density at radius 3 is 2.67 bits per heavy atom. The number of carbonyl (C=O) groups is 1. The van der Waals surface area contributed by atoms with E-state index in [-0.39, 0.29) is 29.8 Å². The topological polar surface area (TPSA) is 94.4 Å². The molecular formula is C11H15Cl2NO4. The second-order valence-electron chi connectivity index (χ2n) is 3.51. The highest BCUT2D eigenvalue weighted by molar-refractivity contribution is 6.32. The zero-order valence-corrected chi connectivity index (χ0v) is 11.3. The number of aliphatic hydroxyl groups excluding tert-OH is 1. The Balaban J connectivity index is 0.00000289. The molecule has 1 aromatic rings. The lowest BCUT2D eigenvalue weighted by Crippen LogP contribution is -3.00. The average Bonchev–Trinajstić information content (AvgIpc) is 2.31. The molecule has 0 fully saturated rings. The smallest absolute Gasteiger partial charge is 0.367 e. The number of aliphatic hydroxyl groups is 1. The summed E-state index contributed by atoms with van der Waals surface area (Å²) in [5, 5.41) is 19.2. The summed E-state index contributed by atoms with van der Waals surface area (Å²) in [6.45, 7) is 1.91. The van der Waals surface area contributed by atoms with Gasteiger partial charge in [0.15, 0.2) is 0 Å². The van der Waals surface area contributed by atoms with Gasteiger partial charge in [-0.05, 0) is 24.6 Å². The van der Waals surface area contributed by atoms with Gasteiger partial charge in [-0.15, -0.1) is 0 Å². The van der Waals surface area contributed by atoms with Crippen LogP contribution in [0.5, 0.6) is 5.75 Å². The summed E-state index contributed by atoms with van der Waals surface area (Å²) in [4.78, 5) is 11.4. The third-order valence-electron chi connectivity index (χ3n) is 2.28. The molecule has 0 bridgehead atoms. The summed E-state index contributed by atoms with van der Waals surface area (Å²) in [7, 11) is 0. The van der Waals surface area contributed by atoms with Crippen molar-refractivity contribution < 1.29 is 37.9 Å². The maximum Gasteiger partial charge on any atom is 0.367 e. The zero-order valence-electron chi connectivity index (χ0n) is 9.77. The highest BCUT2D eigenvalue weighted by atomic mass is 35.5. The Labute approximate surface area is 116 Å². The molecule has 5 nitrogen and oxygen atoms in total. The number of rotatable bonds is 4. The molecule has 5 N–H and O–H groups in total. The van der Waals surface area contributed by atoms with Crippen LogP contribution >= 0.6 is 11.6 Å². The fraction of sp³-hybridized carbons (Fsp3) is 0.364. The van der Waals surface area contributed by atoms with Gasteiger partial charge in [0.1, 0.15) is 11.9 Å². The second-order valence-corrected chi connectivity index (χ2v) is 3.92. The molecule has 2 atom stereocenters. The summed E-state index contributed by atoms with van der Waals surface area (Å²) >= 11 is 5.71. The highest BCUT2D eigenvalue weighted by Gasteiger charge is 2.29. The number of halogens is 2. The van der Waals surface area contributed by atoms with Crippen LogP contribution in [0.2, 0.25) is 5.02 Å². The Kier molecular flexibility index (Phi) is 7.01. The van der Waals surface area contributed by atoms with Crippen LogP contribution in [0.15, 0.2) is 18.2 Å². The van der Waals surface area contributed by atoms with Crippen LogP contribution < -0.4 is 18.1 Å². The van der Waals surface area contributed by atoms with Crippen LogP contribution in [0.1, 0.15) is 18.6 Å². The molecule has 0 aliphatic carbocycles.